The van der Waals surface area contributed by atoms with Crippen LogP contribution in [-0.4, -0.2) is 23.1 Å². The van der Waals surface area contributed by atoms with Gasteiger partial charge in [-0.2, -0.15) is 0 Å². The van der Waals surface area contributed by atoms with Gasteiger partial charge in [-0.3, -0.25) is 0 Å². The molecular formula is C11H19N3O. The third-order valence-electron chi connectivity index (χ3n) is 1.93. The lowest BCUT2D eigenvalue weighted by Gasteiger charge is -2.06. The summed E-state index contributed by atoms with van der Waals surface area (Å²) in [5.41, 5.74) is 0. The van der Waals surface area contributed by atoms with Crippen LogP contribution in [0.15, 0.2) is 12.4 Å². The second kappa shape index (κ2) is 7.04. The maximum atomic E-state index is 5.41. The molecule has 0 atom stereocenters. The number of nitrogens with zero attached hydrogens (tertiary/aromatic N) is 2. The fraction of sp³-hybridized carbons (Fsp3) is 0.636. The second-order valence-corrected chi connectivity index (χ2v) is 3.37. The summed E-state index contributed by atoms with van der Waals surface area (Å²) in [5.74, 6) is 1.48. The average Bonchev–Trinajstić information content (AvgIpc) is 2.27. The molecule has 0 radical (unpaired) electrons. The van der Waals surface area contributed by atoms with Crippen molar-refractivity contribution in [1.82, 2.24) is 9.97 Å². The van der Waals surface area contributed by atoms with Gasteiger partial charge in [-0.25, -0.2) is 9.97 Å². The molecule has 1 N–H and O–H groups in total. The first-order valence-electron chi connectivity index (χ1n) is 5.55. The summed E-state index contributed by atoms with van der Waals surface area (Å²) >= 11 is 0. The van der Waals surface area contributed by atoms with Gasteiger partial charge in [0.05, 0.1) is 6.61 Å². The monoisotopic (exact) mass is 209 g/mol. The van der Waals surface area contributed by atoms with Crippen LogP contribution < -0.4 is 10.1 Å². The first-order chi connectivity index (χ1) is 7.36. The second-order valence-electron chi connectivity index (χ2n) is 3.37. The van der Waals surface area contributed by atoms with Crippen LogP contribution in [0, 0.1) is 0 Å². The fourth-order valence-electron chi connectivity index (χ4n) is 1.11. The molecule has 0 spiro atoms. The summed E-state index contributed by atoms with van der Waals surface area (Å²) in [5, 5.41) is 3.23. The first-order valence-corrected chi connectivity index (χ1v) is 5.55. The lowest BCUT2D eigenvalue weighted by Crippen LogP contribution is -2.04. The van der Waals surface area contributed by atoms with Gasteiger partial charge >= 0.3 is 0 Å². The molecule has 0 saturated heterocycles. The van der Waals surface area contributed by atoms with E-state index < -0.39 is 0 Å². The van der Waals surface area contributed by atoms with Crippen LogP contribution in [0.5, 0.6) is 5.88 Å². The number of anilines is 1. The van der Waals surface area contributed by atoms with Crippen molar-refractivity contribution >= 4 is 5.82 Å². The molecule has 4 heteroatoms. The van der Waals surface area contributed by atoms with Crippen LogP contribution in [0.3, 0.4) is 0 Å². The summed E-state index contributed by atoms with van der Waals surface area (Å²) in [6, 6.07) is 1.84. The number of hydrogen-bond acceptors (Lipinski definition) is 4. The lowest BCUT2D eigenvalue weighted by atomic mass is 10.3. The maximum Gasteiger partial charge on any atom is 0.218 e. The van der Waals surface area contributed by atoms with Gasteiger partial charge in [0.1, 0.15) is 12.1 Å². The van der Waals surface area contributed by atoms with E-state index in [-0.39, 0.29) is 0 Å². The first kappa shape index (κ1) is 11.8. The minimum atomic E-state index is 0.644. The molecule has 1 rings (SSSR count). The highest BCUT2D eigenvalue weighted by atomic mass is 16.5. The van der Waals surface area contributed by atoms with Crippen molar-refractivity contribution in [2.45, 2.75) is 33.1 Å². The Morgan fingerprint density at radius 1 is 1.27 bits per heavy atom. The van der Waals surface area contributed by atoms with E-state index in [0.29, 0.717) is 12.5 Å². The number of hydrogen-bond donors (Lipinski definition) is 1. The van der Waals surface area contributed by atoms with Crippen LogP contribution in [0.1, 0.15) is 33.1 Å². The van der Waals surface area contributed by atoms with Gasteiger partial charge in [0, 0.05) is 12.6 Å². The Hall–Kier alpha value is -1.32. The van der Waals surface area contributed by atoms with Gasteiger partial charge in [-0.15, -0.1) is 0 Å². The summed E-state index contributed by atoms with van der Waals surface area (Å²) in [4.78, 5) is 8.15. The van der Waals surface area contributed by atoms with Gasteiger partial charge < -0.3 is 10.1 Å². The highest BCUT2D eigenvalue weighted by Gasteiger charge is 1.98. The zero-order valence-electron chi connectivity index (χ0n) is 9.49. The van der Waals surface area contributed by atoms with Crippen LogP contribution >= 0.6 is 0 Å². The molecule has 0 bridgehead atoms. The molecular weight excluding hydrogens is 190 g/mol. The Labute approximate surface area is 91.1 Å². The quantitative estimate of drug-likeness (QED) is 0.701. The van der Waals surface area contributed by atoms with Gasteiger partial charge in [-0.05, 0) is 12.8 Å². The van der Waals surface area contributed by atoms with Crippen molar-refractivity contribution in [3.63, 3.8) is 0 Å². The highest BCUT2D eigenvalue weighted by molar-refractivity contribution is 5.36. The number of aromatic nitrogens is 2. The zero-order chi connectivity index (χ0) is 10.9. The van der Waals surface area contributed by atoms with E-state index in [1.807, 2.05) is 6.07 Å². The average molecular weight is 209 g/mol. The largest absolute Gasteiger partial charge is 0.478 e. The van der Waals surface area contributed by atoms with Gasteiger partial charge in [0.15, 0.2) is 0 Å². The third-order valence-corrected chi connectivity index (χ3v) is 1.93. The molecule has 4 nitrogen and oxygen atoms in total. The number of nitrogens with one attached hydrogen (secondary N) is 1. The Kier molecular flexibility index (Phi) is 5.51. The smallest absolute Gasteiger partial charge is 0.218 e. The highest BCUT2D eigenvalue weighted by Crippen LogP contribution is 2.11. The van der Waals surface area contributed by atoms with Crippen LogP contribution in [-0.2, 0) is 0 Å². The molecule has 15 heavy (non-hydrogen) atoms. The summed E-state index contributed by atoms with van der Waals surface area (Å²) < 4.78 is 5.41. The summed E-state index contributed by atoms with van der Waals surface area (Å²) in [6.45, 7) is 5.88. The van der Waals surface area contributed by atoms with Crippen molar-refractivity contribution in [3.8, 4) is 5.88 Å². The molecule has 0 unspecified atom stereocenters. The molecule has 1 heterocycles. The predicted molar refractivity (Wildman–Crippen MR) is 61.2 cm³/mol. The topological polar surface area (TPSA) is 47.0 Å². The molecule has 1 aromatic rings. The lowest BCUT2D eigenvalue weighted by molar-refractivity contribution is 0.305. The van der Waals surface area contributed by atoms with E-state index in [0.717, 1.165) is 25.2 Å². The molecule has 0 aliphatic heterocycles. The molecule has 0 saturated carbocycles. The Balaban J connectivity index is 2.42. The zero-order valence-corrected chi connectivity index (χ0v) is 9.49. The van der Waals surface area contributed by atoms with E-state index in [1.54, 1.807) is 0 Å². The number of ether oxygens (including phenoxy) is 1. The van der Waals surface area contributed by atoms with Crippen LogP contribution in [0.2, 0.25) is 0 Å². The number of rotatable bonds is 7. The van der Waals surface area contributed by atoms with Crippen molar-refractivity contribution in [2.24, 2.45) is 0 Å². The van der Waals surface area contributed by atoms with E-state index in [4.69, 9.17) is 4.74 Å². The minimum Gasteiger partial charge on any atom is -0.478 e. The van der Waals surface area contributed by atoms with Gasteiger partial charge in [-0.1, -0.05) is 20.3 Å². The van der Waals surface area contributed by atoms with E-state index in [1.165, 1.54) is 12.7 Å². The van der Waals surface area contributed by atoms with Gasteiger partial charge in [0.25, 0.3) is 0 Å². The third kappa shape index (κ3) is 4.63. The molecule has 1 aromatic heterocycles. The standard InChI is InChI=1S/C11H19N3O/c1-3-5-6-12-10-8-11(14-9-13-10)15-7-4-2/h8-9H,3-7H2,1-2H3,(H,12,13,14). The molecule has 0 amide bonds. The normalized spacial score (nSPS) is 10.0. The molecule has 0 aromatic carbocycles. The Bertz CT molecular complexity index is 278. The predicted octanol–water partition coefficient (Wildman–Crippen LogP) is 2.48. The van der Waals surface area contributed by atoms with E-state index in [2.05, 4.69) is 29.1 Å². The minimum absolute atomic E-state index is 0.644. The van der Waals surface area contributed by atoms with Crippen LogP contribution in [0.4, 0.5) is 5.82 Å². The van der Waals surface area contributed by atoms with Crippen LogP contribution in [0.25, 0.3) is 0 Å². The van der Waals surface area contributed by atoms with Gasteiger partial charge in [0.2, 0.25) is 5.88 Å². The Morgan fingerprint density at radius 3 is 2.87 bits per heavy atom. The fourth-order valence-corrected chi connectivity index (χ4v) is 1.11. The summed E-state index contributed by atoms with van der Waals surface area (Å²) in [6.07, 6.45) is 4.84. The summed E-state index contributed by atoms with van der Waals surface area (Å²) in [7, 11) is 0. The van der Waals surface area contributed by atoms with Crippen molar-refractivity contribution in [2.75, 3.05) is 18.5 Å². The number of unbranched alkanes of at least 4 members (excludes halogenated alkanes) is 1. The maximum absolute atomic E-state index is 5.41. The van der Waals surface area contributed by atoms with E-state index in [9.17, 15) is 0 Å². The molecule has 0 fully saturated rings. The van der Waals surface area contributed by atoms with E-state index >= 15 is 0 Å². The van der Waals surface area contributed by atoms with Crippen molar-refractivity contribution in [1.29, 1.82) is 0 Å². The molecule has 0 aliphatic carbocycles. The molecule has 84 valence electrons. The van der Waals surface area contributed by atoms with Crippen molar-refractivity contribution < 1.29 is 4.74 Å². The molecule has 0 aliphatic rings. The Morgan fingerprint density at radius 2 is 2.13 bits per heavy atom. The van der Waals surface area contributed by atoms with Crippen molar-refractivity contribution in [3.05, 3.63) is 12.4 Å². The SMILES string of the molecule is CCCCNc1cc(OCCC)ncn1.